The van der Waals surface area contributed by atoms with E-state index < -0.39 is 0 Å². The number of nitrogens with zero attached hydrogens (tertiary/aromatic N) is 1. The van der Waals surface area contributed by atoms with E-state index in [0.717, 1.165) is 51.3 Å². The van der Waals surface area contributed by atoms with Gasteiger partial charge < -0.3 is 9.47 Å². The van der Waals surface area contributed by atoms with E-state index in [1.54, 1.807) is 0 Å². The Morgan fingerprint density at radius 2 is 2.05 bits per heavy atom. The predicted molar refractivity (Wildman–Crippen MR) is 84.8 cm³/mol. The molecular weight excluding hydrogens is 262 g/mol. The molecule has 2 heterocycles. The van der Waals surface area contributed by atoms with E-state index in [0.29, 0.717) is 6.10 Å². The highest BCUT2D eigenvalue weighted by Crippen LogP contribution is 2.38. The largest absolute Gasteiger partial charge is 0.487 e. The normalized spacial score (nSPS) is 22.0. The third kappa shape index (κ3) is 3.41. The number of benzene rings is 1. The van der Waals surface area contributed by atoms with Crippen LogP contribution in [-0.2, 0) is 17.7 Å². The zero-order valence-electron chi connectivity index (χ0n) is 13.5. The van der Waals surface area contributed by atoms with Crippen molar-refractivity contribution in [3.63, 3.8) is 0 Å². The fraction of sp³-hybridized carbons (Fsp3) is 0.667. The molecule has 0 saturated carbocycles. The molecule has 2 aliphatic heterocycles. The quantitative estimate of drug-likeness (QED) is 0.848. The molecule has 1 aromatic rings. The van der Waals surface area contributed by atoms with Gasteiger partial charge in [0.25, 0.3) is 0 Å². The summed E-state index contributed by atoms with van der Waals surface area (Å²) in [6.45, 7) is 10.5. The van der Waals surface area contributed by atoms with Crippen molar-refractivity contribution >= 4 is 0 Å². The van der Waals surface area contributed by atoms with Crippen LogP contribution in [0.25, 0.3) is 0 Å². The van der Waals surface area contributed by atoms with Crippen LogP contribution in [0.3, 0.4) is 0 Å². The van der Waals surface area contributed by atoms with Gasteiger partial charge in [0, 0.05) is 38.2 Å². The summed E-state index contributed by atoms with van der Waals surface area (Å²) in [7, 11) is 0. The molecule has 0 aliphatic carbocycles. The highest BCUT2D eigenvalue weighted by Gasteiger charge is 2.32. The van der Waals surface area contributed by atoms with Crippen LogP contribution in [0.1, 0.15) is 44.7 Å². The summed E-state index contributed by atoms with van der Waals surface area (Å²) in [6.07, 6.45) is 3.77. The lowest BCUT2D eigenvalue weighted by Gasteiger charge is -2.32. The Hall–Kier alpha value is -1.06. The molecular formula is C18H27NO2. The minimum absolute atomic E-state index is 0.0552. The molecule has 21 heavy (non-hydrogen) atoms. The first-order chi connectivity index (χ1) is 10.1. The predicted octanol–water partition coefficient (Wildman–Crippen LogP) is 3.40. The molecule has 0 spiro atoms. The zero-order valence-corrected chi connectivity index (χ0v) is 13.5. The molecule has 3 heteroatoms. The van der Waals surface area contributed by atoms with Gasteiger partial charge in [0.1, 0.15) is 11.4 Å². The molecule has 0 bridgehead atoms. The molecule has 1 saturated heterocycles. The second-order valence-corrected chi connectivity index (χ2v) is 6.87. The third-order valence-corrected chi connectivity index (χ3v) is 4.50. The van der Waals surface area contributed by atoms with Gasteiger partial charge in [0.2, 0.25) is 0 Å². The molecule has 0 radical (unpaired) electrons. The Morgan fingerprint density at radius 3 is 2.76 bits per heavy atom. The number of rotatable bonds is 4. The van der Waals surface area contributed by atoms with Crippen LogP contribution < -0.4 is 4.74 Å². The summed E-state index contributed by atoms with van der Waals surface area (Å²) in [4.78, 5) is 2.53. The Morgan fingerprint density at radius 1 is 1.29 bits per heavy atom. The van der Waals surface area contributed by atoms with Gasteiger partial charge >= 0.3 is 0 Å². The molecule has 0 N–H and O–H groups in total. The highest BCUT2D eigenvalue weighted by atomic mass is 16.5. The first-order valence-electron chi connectivity index (χ1n) is 8.21. The molecule has 1 fully saturated rings. The van der Waals surface area contributed by atoms with Gasteiger partial charge in [-0.2, -0.15) is 0 Å². The van der Waals surface area contributed by atoms with Crippen LogP contribution >= 0.6 is 0 Å². The first kappa shape index (κ1) is 14.9. The van der Waals surface area contributed by atoms with E-state index in [4.69, 9.17) is 9.47 Å². The van der Waals surface area contributed by atoms with E-state index in [2.05, 4.69) is 43.9 Å². The Labute approximate surface area is 128 Å². The van der Waals surface area contributed by atoms with Crippen molar-refractivity contribution in [2.24, 2.45) is 0 Å². The van der Waals surface area contributed by atoms with Crippen LogP contribution in [0.15, 0.2) is 18.2 Å². The van der Waals surface area contributed by atoms with Crippen molar-refractivity contribution in [3.05, 3.63) is 29.3 Å². The number of hydrogen-bond donors (Lipinski definition) is 0. The number of ether oxygens (including phenoxy) is 2. The maximum absolute atomic E-state index is 6.18. The lowest BCUT2D eigenvalue weighted by Crippen LogP contribution is -2.36. The van der Waals surface area contributed by atoms with Crippen molar-refractivity contribution in [2.75, 3.05) is 19.7 Å². The van der Waals surface area contributed by atoms with E-state index in [-0.39, 0.29) is 5.60 Å². The van der Waals surface area contributed by atoms with Crippen molar-refractivity contribution < 1.29 is 9.47 Å². The molecule has 3 rings (SSSR count). The van der Waals surface area contributed by atoms with Crippen LogP contribution in [-0.4, -0.2) is 36.3 Å². The lowest BCUT2D eigenvalue weighted by molar-refractivity contribution is 0.0122. The molecule has 2 aliphatic rings. The van der Waals surface area contributed by atoms with E-state index >= 15 is 0 Å². The topological polar surface area (TPSA) is 21.7 Å². The molecule has 1 aromatic carbocycles. The van der Waals surface area contributed by atoms with Crippen LogP contribution in [0, 0.1) is 0 Å². The van der Waals surface area contributed by atoms with Crippen LogP contribution in [0.2, 0.25) is 0 Å². The van der Waals surface area contributed by atoms with Gasteiger partial charge in [-0.15, -0.1) is 0 Å². The smallest absolute Gasteiger partial charge is 0.127 e. The SMILES string of the molecule is CCOC1CCN(Cc2cccc3c2OC(C)(C)C3)CC1. The van der Waals surface area contributed by atoms with Gasteiger partial charge in [0.05, 0.1) is 6.10 Å². The number of hydrogen-bond acceptors (Lipinski definition) is 3. The van der Waals surface area contributed by atoms with Crippen LogP contribution in [0.4, 0.5) is 0 Å². The molecule has 0 amide bonds. The average Bonchev–Trinajstić information content (AvgIpc) is 2.76. The first-order valence-corrected chi connectivity index (χ1v) is 8.21. The highest BCUT2D eigenvalue weighted by molar-refractivity contribution is 5.45. The van der Waals surface area contributed by atoms with Crippen LogP contribution in [0.5, 0.6) is 5.75 Å². The summed E-state index contributed by atoms with van der Waals surface area (Å²) < 4.78 is 11.9. The third-order valence-electron chi connectivity index (χ3n) is 4.50. The van der Waals surface area contributed by atoms with Crippen molar-refractivity contribution in [1.82, 2.24) is 4.90 Å². The van der Waals surface area contributed by atoms with E-state index in [1.807, 2.05) is 0 Å². The maximum Gasteiger partial charge on any atom is 0.127 e. The fourth-order valence-corrected chi connectivity index (χ4v) is 3.51. The monoisotopic (exact) mass is 289 g/mol. The number of likely N-dealkylation sites (tertiary alicyclic amines) is 1. The van der Waals surface area contributed by atoms with Crippen molar-refractivity contribution in [1.29, 1.82) is 0 Å². The summed E-state index contributed by atoms with van der Waals surface area (Å²) in [6, 6.07) is 6.59. The van der Waals surface area contributed by atoms with Gasteiger partial charge in [-0.25, -0.2) is 0 Å². The number of para-hydroxylation sites is 1. The molecule has 116 valence electrons. The standard InChI is InChI=1S/C18H27NO2/c1-4-20-16-8-10-19(11-9-16)13-15-7-5-6-14-12-18(2,3)21-17(14)15/h5-7,16H,4,8-13H2,1-3H3. The van der Waals surface area contributed by atoms with Crippen molar-refractivity contribution in [3.8, 4) is 5.75 Å². The number of fused-ring (bicyclic) bond motifs is 1. The van der Waals surface area contributed by atoms with Gasteiger partial charge in [-0.3, -0.25) is 4.90 Å². The second-order valence-electron chi connectivity index (χ2n) is 6.87. The van der Waals surface area contributed by atoms with Gasteiger partial charge in [-0.05, 0) is 39.2 Å². The van der Waals surface area contributed by atoms with Gasteiger partial charge in [0.15, 0.2) is 0 Å². The molecule has 3 nitrogen and oxygen atoms in total. The summed E-state index contributed by atoms with van der Waals surface area (Å²) in [5.74, 6) is 1.13. The minimum atomic E-state index is -0.0552. The minimum Gasteiger partial charge on any atom is -0.487 e. The van der Waals surface area contributed by atoms with E-state index in [9.17, 15) is 0 Å². The summed E-state index contributed by atoms with van der Waals surface area (Å²) in [5, 5.41) is 0. The van der Waals surface area contributed by atoms with Crippen molar-refractivity contribution in [2.45, 2.75) is 58.3 Å². The summed E-state index contributed by atoms with van der Waals surface area (Å²) >= 11 is 0. The molecule has 0 unspecified atom stereocenters. The maximum atomic E-state index is 6.18. The average molecular weight is 289 g/mol. The fourth-order valence-electron chi connectivity index (χ4n) is 3.51. The Kier molecular flexibility index (Phi) is 4.23. The lowest BCUT2D eigenvalue weighted by atomic mass is 10.00. The molecule has 0 aromatic heterocycles. The molecule has 0 atom stereocenters. The van der Waals surface area contributed by atoms with Gasteiger partial charge in [-0.1, -0.05) is 18.2 Å². The Bertz CT molecular complexity index is 490. The Balaban J connectivity index is 1.64. The second kappa shape index (κ2) is 5.98. The number of piperidine rings is 1. The zero-order chi connectivity index (χ0) is 14.9. The summed E-state index contributed by atoms with van der Waals surface area (Å²) in [5.41, 5.74) is 2.65. The van der Waals surface area contributed by atoms with E-state index in [1.165, 1.54) is 11.1 Å².